The van der Waals surface area contributed by atoms with E-state index in [1.165, 1.54) is 18.4 Å². The summed E-state index contributed by atoms with van der Waals surface area (Å²) in [5, 5.41) is 0. The minimum absolute atomic E-state index is 0.170. The zero-order valence-corrected chi connectivity index (χ0v) is 14.6. The fourth-order valence-electron chi connectivity index (χ4n) is 3.97. The van der Waals surface area contributed by atoms with Crippen molar-refractivity contribution in [3.05, 3.63) is 29.8 Å². The van der Waals surface area contributed by atoms with E-state index in [1.54, 1.807) is 7.11 Å². The highest BCUT2D eigenvalue weighted by atomic mass is 16.6. The van der Waals surface area contributed by atoms with Gasteiger partial charge in [-0.3, -0.25) is 0 Å². The molecule has 0 N–H and O–H groups in total. The number of hydrogen-bond acceptors (Lipinski definition) is 3. The number of nitrogens with zero attached hydrogens (tertiary/aromatic N) is 1. The maximum Gasteiger partial charge on any atom is 0.410 e. The van der Waals surface area contributed by atoms with Crippen LogP contribution in [0, 0.1) is 11.3 Å². The van der Waals surface area contributed by atoms with Gasteiger partial charge in [-0.1, -0.05) is 18.2 Å². The Balaban J connectivity index is 1.47. The Morgan fingerprint density at radius 3 is 2.52 bits per heavy atom. The number of ether oxygens (including phenoxy) is 2. The summed E-state index contributed by atoms with van der Waals surface area (Å²) in [4.78, 5) is 13.8. The highest BCUT2D eigenvalue weighted by molar-refractivity contribution is 5.69. The summed E-state index contributed by atoms with van der Waals surface area (Å²) in [7, 11) is 1.73. The summed E-state index contributed by atoms with van der Waals surface area (Å²) in [6, 6.07) is 8.25. The van der Waals surface area contributed by atoms with Crippen LogP contribution < -0.4 is 4.74 Å². The molecular weight excluding hydrogens is 290 g/mol. The number of carbonyl (C=O) groups is 1. The summed E-state index contributed by atoms with van der Waals surface area (Å²) in [5.74, 6) is 1.68. The number of hydrogen-bond donors (Lipinski definition) is 0. The number of likely N-dealkylation sites (tertiary alicyclic amines) is 1. The van der Waals surface area contributed by atoms with Crippen LogP contribution in [0.5, 0.6) is 5.75 Å². The van der Waals surface area contributed by atoms with Crippen LogP contribution in [-0.4, -0.2) is 36.8 Å². The minimum Gasteiger partial charge on any atom is -0.496 e. The van der Waals surface area contributed by atoms with E-state index in [2.05, 4.69) is 12.1 Å². The van der Waals surface area contributed by atoms with Gasteiger partial charge >= 0.3 is 6.09 Å². The maximum atomic E-state index is 12.0. The molecule has 126 valence electrons. The third-order valence-corrected chi connectivity index (χ3v) is 4.85. The first-order valence-electron chi connectivity index (χ1n) is 8.40. The van der Waals surface area contributed by atoms with Crippen LogP contribution in [0.3, 0.4) is 0 Å². The Labute approximate surface area is 138 Å². The predicted octanol–water partition coefficient (Wildman–Crippen LogP) is 3.88. The van der Waals surface area contributed by atoms with Crippen LogP contribution in [0.1, 0.15) is 39.2 Å². The van der Waals surface area contributed by atoms with Crippen LogP contribution in [0.15, 0.2) is 24.3 Å². The Bertz CT molecular complexity index is 577. The molecule has 1 amide bonds. The summed E-state index contributed by atoms with van der Waals surface area (Å²) in [5.41, 5.74) is 1.23. The molecule has 1 saturated carbocycles. The topological polar surface area (TPSA) is 38.8 Å². The van der Waals surface area contributed by atoms with Gasteiger partial charge in [0.15, 0.2) is 0 Å². The lowest BCUT2D eigenvalue weighted by Crippen LogP contribution is -2.64. The molecule has 0 atom stereocenters. The van der Waals surface area contributed by atoms with E-state index in [-0.39, 0.29) is 6.09 Å². The molecule has 3 rings (SSSR count). The van der Waals surface area contributed by atoms with Crippen molar-refractivity contribution in [3.8, 4) is 5.75 Å². The molecule has 1 aromatic rings. The fourth-order valence-corrected chi connectivity index (χ4v) is 3.97. The third kappa shape index (κ3) is 3.46. The van der Waals surface area contributed by atoms with E-state index in [4.69, 9.17) is 9.47 Å². The lowest BCUT2D eigenvalue weighted by atomic mass is 9.56. The second-order valence-electron chi connectivity index (χ2n) is 8.13. The lowest BCUT2D eigenvalue weighted by molar-refractivity contribution is -0.0948. The van der Waals surface area contributed by atoms with E-state index >= 15 is 0 Å². The Morgan fingerprint density at radius 1 is 1.26 bits per heavy atom. The van der Waals surface area contributed by atoms with E-state index in [0.29, 0.717) is 11.3 Å². The van der Waals surface area contributed by atoms with Crippen LogP contribution in [0.2, 0.25) is 0 Å². The number of amides is 1. The van der Waals surface area contributed by atoms with Crippen molar-refractivity contribution < 1.29 is 14.3 Å². The molecule has 0 aromatic heterocycles. The Morgan fingerprint density at radius 2 is 1.91 bits per heavy atom. The highest BCUT2D eigenvalue weighted by Gasteiger charge is 2.54. The minimum atomic E-state index is -0.411. The molecular formula is C19H27NO3. The molecule has 1 aromatic carbocycles. The van der Waals surface area contributed by atoms with Gasteiger partial charge in [0, 0.05) is 18.5 Å². The van der Waals surface area contributed by atoms with Crippen molar-refractivity contribution >= 4 is 6.09 Å². The first kappa shape index (κ1) is 16.2. The molecule has 0 bridgehead atoms. The molecule has 1 saturated heterocycles. The standard InChI is InChI=1S/C19H27NO3/c1-18(2,3)23-17(21)20-12-19(13-20)10-14(11-19)9-15-7-5-6-8-16(15)22-4/h5-8,14H,9-13H2,1-4H3. The summed E-state index contributed by atoms with van der Waals surface area (Å²) in [6.45, 7) is 7.43. The van der Waals surface area contributed by atoms with Crippen molar-refractivity contribution in [1.82, 2.24) is 4.90 Å². The number of para-hydroxylation sites is 1. The second kappa shape index (κ2) is 5.73. The first-order valence-corrected chi connectivity index (χ1v) is 8.40. The smallest absolute Gasteiger partial charge is 0.410 e. The van der Waals surface area contributed by atoms with Crippen molar-refractivity contribution in [2.45, 2.75) is 45.6 Å². The van der Waals surface area contributed by atoms with Gasteiger partial charge in [0.05, 0.1) is 7.11 Å². The number of carbonyl (C=O) groups excluding carboxylic acids is 1. The molecule has 2 aliphatic rings. The average molecular weight is 317 g/mol. The summed E-state index contributed by atoms with van der Waals surface area (Å²) >= 11 is 0. The van der Waals surface area contributed by atoms with Gasteiger partial charge < -0.3 is 14.4 Å². The molecule has 4 nitrogen and oxygen atoms in total. The van der Waals surface area contributed by atoms with E-state index in [1.807, 2.05) is 37.8 Å². The number of methoxy groups -OCH3 is 1. The summed E-state index contributed by atoms with van der Waals surface area (Å²) in [6.07, 6.45) is 3.30. The number of benzene rings is 1. The zero-order chi connectivity index (χ0) is 16.7. The fraction of sp³-hybridized carbons (Fsp3) is 0.632. The van der Waals surface area contributed by atoms with Crippen LogP contribution in [-0.2, 0) is 11.2 Å². The number of rotatable bonds is 3. The molecule has 4 heteroatoms. The molecule has 1 heterocycles. The zero-order valence-electron chi connectivity index (χ0n) is 14.6. The van der Waals surface area contributed by atoms with Gasteiger partial charge in [0.2, 0.25) is 0 Å². The van der Waals surface area contributed by atoms with E-state index < -0.39 is 5.60 Å². The molecule has 0 unspecified atom stereocenters. The summed E-state index contributed by atoms with van der Waals surface area (Å²) < 4.78 is 10.9. The van der Waals surface area contributed by atoms with Gasteiger partial charge in [-0.05, 0) is 57.6 Å². The van der Waals surface area contributed by atoms with Crippen molar-refractivity contribution in [1.29, 1.82) is 0 Å². The third-order valence-electron chi connectivity index (χ3n) is 4.85. The van der Waals surface area contributed by atoms with Crippen molar-refractivity contribution in [3.63, 3.8) is 0 Å². The monoisotopic (exact) mass is 317 g/mol. The lowest BCUT2D eigenvalue weighted by Gasteiger charge is -2.59. The van der Waals surface area contributed by atoms with Gasteiger partial charge in [-0.25, -0.2) is 4.79 Å². The van der Waals surface area contributed by atoms with Crippen LogP contribution in [0.25, 0.3) is 0 Å². The predicted molar refractivity (Wildman–Crippen MR) is 89.7 cm³/mol. The Hall–Kier alpha value is -1.71. The first-order chi connectivity index (χ1) is 10.8. The largest absolute Gasteiger partial charge is 0.496 e. The second-order valence-corrected chi connectivity index (χ2v) is 8.13. The van der Waals surface area contributed by atoms with Crippen molar-refractivity contribution in [2.75, 3.05) is 20.2 Å². The normalized spacial score (nSPS) is 19.9. The van der Waals surface area contributed by atoms with Crippen molar-refractivity contribution in [2.24, 2.45) is 11.3 Å². The molecule has 1 spiro atoms. The SMILES string of the molecule is COc1ccccc1CC1CC2(C1)CN(C(=O)OC(C)(C)C)C2. The van der Waals surface area contributed by atoms with Crippen LogP contribution >= 0.6 is 0 Å². The van der Waals surface area contributed by atoms with Gasteiger partial charge in [0.1, 0.15) is 11.4 Å². The molecule has 0 radical (unpaired) electrons. The van der Waals surface area contributed by atoms with E-state index in [0.717, 1.165) is 25.3 Å². The Kier molecular flexibility index (Phi) is 4.03. The molecule has 23 heavy (non-hydrogen) atoms. The van der Waals surface area contributed by atoms with Crippen LogP contribution in [0.4, 0.5) is 4.79 Å². The van der Waals surface area contributed by atoms with Gasteiger partial charge in [0.25, 0.3) is 0 Å². The maximum absolute atomic E-state index is 12.0. The molecule has 1 aliphatic heterocycles. The van der Waals surface area contributed by atoms with Gasteiger partial charge in [-0.15, -0.1) is 0 Å². The van der Waals surface area contributed by atoms with E-state index in [9.17, 15) is 4.79 Å². The molecule has 2 fully saturated rings. The van der Waals surface area contributed by atoms with Gasteiger partial charge in [-0.2, -0.15) is 0 Å². The quantitative estimate of drug-likeness (QED) is 0.849. The highest BCUT2D eigenvalue weighted by Crippen LogP contribution is 2.53. The average Bonchev–Trinajstić information content (AvgIpc) is 2.38. The molecule has 1 aliphatic carbocycles.